The summed E-state index contributed by atoms with van der Waals surface area (Å²) in [6.07, 6.45) is 0. The van der Waals surface area contributed by atoms with Gasteiger partial charge in [-0.15, -0.1) is 0 Å². The normalized spacial score (nSPS) is 16.3. The molecule has 1 saturated heterocycles. The van der Waals surface area contributed by atoms with Crippen molar-refractivity contribution in [2.75, 3.05) is 39.3 Å². The highest BCUT2D eigenvalue weighted by Crippen LogP contribution is 2.13. The summed E-state index contributed by atoms with van der Waals surface area (Å²) in [6, 6.07) is 5.82. The van der Waals surface area contributed by atoms with E-state index in [9.17, 15) is 4.79 Å². The molecule has 0 radical (unpaired) electrons. The van der Waals surface area contributed by atoms with Crippen LogP contribution in [-0.4, -0.2) is 50.1 Å². The minimum atomic E-state index is 0.0213. The van der Waals surface area contributed by atoms with Crippen LogP contribution in [0.1, 0.15) is 15.9 Å². The van der Waals surface area contributed by atoms with Crippen molar-refractivity contribution in [2.24, 2.45) is 0 Å². The smallest absolute Gasteiger partial charge is 0.251 e. The van der Waals surface area contributed by atoms with Gasteiger partial charge in [0.15, 0.2) is 0 Å². The molecule has 0 aliphatic carbocycles. The van der Waals surface area contributed by atoms with Crippen molar-refractivity contribution in [1.82, 2.24) is 15.5 Å². The Labute approximate surface area is 128 Å². The molecule has 0 unspecified atom stereocenters. The van der Waals surface area contributed by atoms with Gasteiger partial charge >= 0.3 is 0 Å². The maximum absolute atomic E-state index is 12.0. The third kappa shape index (κ3) is 4.43. The molecule has 2 rings (SSSR count). The first-order valence-electron chi connectivity index (χ1n) is 6.64. The molecule has 0 saturated carbocycles. The Morgan fingerprint density at radius 2 is 2.16 bits per heavy atom. The van der Waals surface area contributed by atoms with Crippen LogP contribution >= 0.6 is 22.6 Å². The lowest BCUT2D eigenvalue weighted by molar-refractivity contribution is 0.0947. The fourth-order valence-corrected chi connectivity index (χ4v) is 2.61. The van der Waals surface area contributed by atoms with Crippen LogP contribution in [0.2, 0.25) is 0 Å². The lowest BCUT2D eigenvalue weighted by atomic mass is 10.1. The zero-order valence-electron chi connectivity index (χ0n) is 11.2. The Bertz CT molecular complexity index is 444. The van der Waals surface area contributed by atoms with Gasteiger partial charge in [-0.05, 0) is 47.2 Å². The Hall–Kier alpha value is -0.660. The van der Waals surface area contributed by atoms with Gasteiger partial charge in [-0.1, -0.05) is 6.07 Å². The van der Waals surface area contributed by atoms with E-state index in [2.05, 4.69) is 38.1 Å². The lowest BCUT2D eigenvalue weighted by Crippen LogP contribution is -2.46. The van der Waals surface area contributed by atoms with Crippen molar-refractivity contribution in [3.05, 3.63) is 32.9 Å². The fraction of sp³-hybridized carbons (Fsp3) is 0.500. The molecule has 1 heterocycles. The summed E-state index contributed by atoms with van der Waals surface area (Å²) in [4.78, 5) is 14.4. The molecule has 1 aliphatic heterocycles. The number of benzene rings is 1. The first-order chi connectivity index (χ1) is 9.16. The Kier molecular flexibility index (Phi) is 5.59. The Balaban J connectivity index is 1.78. The molecule has 0 bridgehead atoms. The van der Waals surface area contributed by atoms with Crippen LogP contribution in [0.4, 0.5) is 0 Å². The fourth-order valence-electron chi connectivity index (χ4n) is 2.10. The molecule has 0 atom stereocenters. The van der Waals surface area contributed by atoms with Crippen LogP contribution in [-0.2, 0) is 0 Å². The van der Waals surface area contributed by atoms with Crippen LogP contribution in [0.3, 0.4) is 0 Å². The van der Waals surface area contributed by atoms with Crippen molar-refractivity contribution < 1.29 is 4.79 Å². The Morgan fingerprint density at radius 3 is 2.84 bits per heavy atom. The number of aryl methyl sites for hydroxylation is 1. The average Bonchev–Trinajstić information content (AvgIpc) is 2.43. The largest absolute Gasteiger partial charge is 0.351 e. The standard InChI is InChI=1S/C14H20IN3O/c1-11-2-3-12(10-13(11)15)14(19)17-6-9-18-7-4-16-5-8-18/h2-3,10,16H,4-9H2,1H3,(H,17,19). The predicted octanol–water partition coefficient (Wildman–Crippen LogP) is 1.23. The third-order valence-corrected chi connectivity index (χ3v) is 4.52. The van der Waals surface area contributed by atoms with E-state index in [1.807, 2.05) is 25.1 Å². The van der Waals surface area contributed by atoms with E-state index in [0.29, 0.717) is 6.54 Å². The topological polar surface area (TPSA) is 44.4 Å². The van der Waals surface area contributed by atoms with E-state index in [1.165, 1.54) is 5.56 Å². The highest BCUT2D eigenvalue weighted by Gasteiger charge is 2.10. The molecule has 104 valence electrons. The van der Waals surface area contributed by atoms with Gasteiger partial charge in [0, 0.05) is 48.4 Å². The summed E-state index contributed by atoms with van der Waals surface area (Å²) >= 11 is 2.26. The third-order valence-electron chi connectivity index (χ3n) is 3.36. The van der Waals surface area contributed by atoms with Gasteiger partial charge in [0.25, 0.3) is 5.91 Å². The van der Waals surface area contributed by atoms with Gasteiger partial charge in [0.1, 0.15) is 0 Å². The summed E-state index contributed by atoms with van der Waals surface area (Å²) in [5, 5.41) is 6.31. The minimum absolute atomic E-state index is 0.0213. The summed E-state index contributed by atoms with van der Waals surface area (Å²) < 4.78 is 1.13. The zero-order chi connectivity index (χ0) is 13.7. The van der Waals surface area contributed by atoms with E-state index in [-0.39, 0.29) is 5.91 Å². The van der Waals surface area contributed by atoms with Crippen LogP contribution in [0, 0.1) is 10.5 Å². The second-order valence-corrected chi connectivity index (χ2v) is 5.97. The summed E-state index contributed by atoms with van der Waals surface area (Å²) in [7, 11) is 0. The van der Waals surface area contributed by atoms with E-state index in [0.717, 1.165) is 41.9 Å². The van der Waals surface area contributed by atoms with Crippen molar-refractivity contribution in [1.29, 1.82) is 0 Å². The highest BCUT2D eigenvalue weighted by atomic mass is 127. The van der Waals surface area contributed by atoms with Gasteiger partial charge in [0.05, 0.1) is 0 Å². The molecule has 1 aliphatic rings. The number of nitrogens with zero attached hydrogens (tertiary/aromatic N) is 1. The number of hydrogen-bond acceptors (Lipinski definition) is 3. The summed E-state index contributed by atoms with van der Waals surface area (Å²) in [5.74, 6) is 0.0213. The average molecular weight is 373 g/mol. The molecule has 0 aromatic heterocycles. The quantitative estimate of drug-likeness (QED) is 0.781. The van der Waals surface area contributed by atoms with Gasteiger partial charge < -0.3 is 10.6 Å². The summed E-state index contributed by atoms with van der Waals surface area (Å²) in [5.41, 5.74) is 1.95. The van der Waals surface area contributed by atoms with Gasteiger partial charge in [-0.3, -0.25) is 9.69 Å². The molecule has 1 aromatic carbocycles. The molecule has 19 heavy (non-hydrogen) atoms. The number of amides is 1. The van der Waals surface area contributed by atoms with Crippen LogP contribution < -0.4 is 10.6 Å². The molecule has 1 aromatic rings. The van der Waals surface area contributed by atoms with Gasteiger partial charge in [-0.25, -0.2) is 0 Å². The van der Waals surface area contributed by atoms with Gasteiger partial charge in [0.2, 0.25) is 0 Å². The Morgan fingerprint density at radius 1 is 1.42 bits per heavy atom. The first-order valence-corrected chi connectivity index (χ1v) is 7.72. The van der Waals surface area contributed by atoms with E-state index < -0.39 is 0 Å². The molecule has 4 nitrogen and oxygen atoms in total. The monoisotopic (exact) mass is 373 g/mol. The van der Waals surface area contributed by atoms with Crippen molar-refractivity contribution in [3.63, 3.8) is 0 Å². The van der Waals surface area contributed by atoms with Crippen LogP contribution in [0.25, 0.3) is 0 Å². The van der Waals surface area contributed by atoms with Crippen LogP contribution in [0.5, 0.6) is 0 Å². The van der Waals surface area contributed by atoms with Crippen molar-refractivity contribution >= 4 is 28.5 Å². The van der Waals surface area contributed by atoms with Crippen molar-refractivity contribution in [2.45, 2.75) is 6.92 Å². The molecule has 1 amide bonds. The number of carbonyl (C=O) groups is 1. The first kappa shape index (κ1) is 14.7. The number of piperazine rings is 1. The molecule has 0 spiro atoms. The second-order valence-electron chi connectivity index (χ2n) is 4.81. The number of halogens is 1. The van der Waals surface area contributed by atoms with Gasteiger partial charge in [-0.2, -0.15) is 0 Å². The molecule has 2 N–H and O–H groups in total. The van der Waals surface area contributed by atoms with Crippen LogP contribution in [0.15, 0.2) is 18.2 Å². The zero-order valence-corrected chi connectivity index (χ0v) is 13.4. The second kappa shape index (κ2) is 7.21. The number of nitrogens with one attached hydrogen (secondary N) is 2. The molecular weight excluding hydrogens is 353 g/mol. The van der Waals surface area contributed by atoms with E-state index >= 15 is 0 Å². The SMILES string of the molecule is Cc1ccc(C(=O)NCCN2CCNCC2)cc1I. The molecule has 5 heteroatoms. The molecular formula is C14H20IN3O. The number of rotatable bonds is 4. The van der Waals surface area contributed by atoms with E-state index in [1.54, 1.807) is 0 Å². The maximum atomic E-state index is 12.0. The van der Waals surface area contributed by atoms with Crippen molar-refractivity contribution in [3.8, 4) is 0 Å². The lowest BCUT2D eigenvalue weighted by Gasteiger charge is -2.27. The maximum Gasteiger partial charge on any atom is 0.251 e. The van der Waals surface area contributed by atoms with E-state index in [4.69, 9.17) is 0 Å². The number of carbonyl (C=O) groups excluding carboxylic acids is 1. The highest BCUT2D eigenvalue weighted by molar-refractivity contribution is 14.1. The summed E-state index contributed by atoms with van der Waals surface area (Å²) in [6.45, 7) is 7.92. The molecule has 1 fully saturated rings. The predicted molar refractivity (Wildman–Crippen MR) is 85.5 cm³/mol. The minimum Gasteiger partial charge on any atom is -0.351 e. The number of hydrogen-bond donors (Lipinski definition) is 2.